The van der Waals surface area contributed by atoms with E-state index in [0.29, 0.717) is 5.75 Å². The minimum absolute atomic E-state index is 0.705. The molecule has 0 fully saturated rings. The average Bonchev–Trinajstić information content (AvgIpc) is 2.91. The maximum Gasteiger partial charge on any atom is 0.160 e. The molecule has 3 rings (SSSR count). The number of aromatic amines is 1. The van der Waals surface area contributed by atoms with Gasteiger partial charge in [0, 0.05) is 11.5 Å². The predicted octanol–water partition coefficient (Wildman–Crippen LogP) is 3.32. The van der Waals surface area contributed by atoms with Crippen LogP contribution in [0, 0.1) is 0 Å². The largest absolute Gasteiger partial charge is 0.497 e. The summed E-state index contributed by atoms with van der Waals surface area (Å²) in [6.07, 6.45) is 0. The number of aromatic nitrogens is 2. The van der Waals surface area contributed by atoms with Crippen LogP contribution in [0.3, 0.4) is 0 Å². The van der Waals surface area contributed by atoms with Crippen molar-refractivity contribution in [3.8, 4) is 11.5 Å². The number of ether oxygens (including phenoxy) is 2. The van der Waals surface area contributed by atoms with Crippen molar-refractivity contribution in [1.82, 2.24) is 10.2 Å². The Morgan fingerprint density at radius 3 is 2.70 bits per heavy atom. The summed E-state index contributed by atoms with van der Waals surface area (Å²) in [6.45, 7) is 0. The molecule has 1 aromatic heterocycles. The standard InChI is InChI=1S/C15H15N3O2/c1-19-10-7-8-13(14(9-10)20-2)16-15-11-5-3-4-6-12(11)17-18-15/h3-9H,1-2H3,(H2,16,17,18). The molecule has 5 nitrogen and oxygen atoms in total. The summed E-state index contributed by atoms with van der Waals surface area (Å²) in [6, 6.07) is 13.6. The fraction of sp³-hybridized carbons (Fsp3) is 0.133. The van der Waals surface area contributed by atoms with Crippen molar-refractivity contribution in [1.29, 1.82) is 0 Å². The number of para-hydroxylation sites is 1. The molecule has 0 saturated carbocycles. The second-order valence-electron chi connectivity index (χ2n) is 4.31. The first-order valence-electron chi connectivity index (χ1n) is 6.24. The van der Waals surface area contributed by atoms with Crippen LogP contribution >= 0.6 is 0 Å². The molecule has 20 heavy (non-hydrogen) atoms. The van der Waals surface area contributed by atoms with Gasteiger partial charge in [-0.3, -0.25) is 5.10 Å². The van der Waals surface area contributed by atoms with Gasteiger partial charge in [-0.2, -0.15) is 5.10 Å². The number of hydrogen-bond acceptors (Lipinski definition) is 4. The number of rotatable bonds is 4. The fourth-order valence-electron chi connectivity index (χ4n) is 2.09. The number of methoxy groups -OCH3 is 2. The SMILES string of the molecule is COc1ccc(Nc2n[nH]c3ccccc23)c(OC)c1. The lowest BCUT2D eigenvalue weighted by Crippen LogP contribution is -1.96. The van der Waals surface area contributed by atoms with Crippen LogP contribution in [0.2, 0.25) is 0 Å². The monoisotopic (exact) mass is 269 g/mol. The van der Waals surface area contributed by atoms with Gasteiger partial charge in [0.05, 0.1) is 25.4 Å². The van der Waals surface area contributed by atoms with Crippen molar-refractivity contribution in [3.63, 3.8) is 0 Å². The van der Waals surface area contributed by atoms with Crippen LogP contribution in [0.4, 0.5) is 11.5 Å². The van der Waals surface area contributed by atoms with Gasteiger partial charge < -0.3 is 14.8 Å². The lowest BCUT2D eigenvalue weighted by atomic mass is 10.2. The van der Waals surface area contributed by atoms with E-state index in [9.17, 15) is 0 Å². The van der Waals surface area contributed by atoms with Gasteiger partial charge in [-0.25, -0.2) is 0 Å². The minimum atomic E-state index is 0.705. The van der Waals surface area contributed by atoms with Gasteiger partial charge in [0.15, 0.2) is 5.82 Å². The highest BCUT2D eigenvalue weighted by atomic mass is 16.5. The van der Waals surface area contributed by atoms with Crippen molar-refractivity contribution in [2.45, 2.75) is 0 Å². The molecule has 2 aromatic carbocycles. The van der Waals surface area contributed by atoms with E-state index >= 15 is 0 Å². The summed E-state index contributed by atoms with van der Waals surface area (Å²) in [4.78, 5) is 0. The summed E-state index contributed by atoms with van der Waals surface area (Å²) >= 11 is 0. The molecule has 102 valence electrons. The van der Waals surface area contributed by atoms with Crippen LogP contribution in [0.25, 0.3) is 10.9 Å². The second-order valence-corrected chi connectivity index (χ2v) is 4.31. The van der Waals surface area contributed by atoms with Crippen LogP contribution in [0.5, 0.6) is 11.5 Å². The first-order valence-corrected chi connectivity index (χ1v) is 6.24. The first kappa shape index (κ1) is 12.3. The van der Waals surface area contributed by atoms with Gasteiger partial charge in [0.2, 0.25) is 0 Å². The van der Waals surface area contributed by atoms with E-state index in [4.69, 9.17) is 9.47 Å². The Hall–Kier alpha value is -2.69. The van der Waals surface area contributed by atoms with Crippen LogP contribution in [-0.4, -0.2) is 24.4 Å². The zero-order chi connectivity index (χ0) is 13.9. The van der Waals surface area contributed by atoms with Crippen LogP contribution in [0.1, 0.15) is 0 Å². The highest BCUT2D eigenvalue weighted by Gasteiger charge is 2.09. The van der Waals surface area contributed by atoms with Crippen LogP contribution < -0.4 is 14.8 Å². The molecule has 0 amide bonds. The minimum Gasteiger partial charge on any atom is -0.497 e. The topological polar surface area (TPSA) is 59.2 Å². The summed E-state index contributed by atoms with van der Waals surface area (Å²) < 4.78 is 10.6. The average molecular weight is 269 g/mol. The van der Waals surface area contributed by atoms with Crippen molar-refractivity contribution >= 4 is 22.4 Å². The molecule has 0 aliphatic heterocycles. The van der Waals surface area contributed by atoms with E-state index < -0.39 is 0 Å². The Labute approximate surface area is 116 Å². The number of benzene rings is 2. The number of nitrogens with zero attached hydrogens (tertiary/aromatic N) is 1. The summed E-state index contributed by atoms with van der Waals surface area (Å²) in [7, 11) is 3.26. The Morgan fingerprint density at radius 1 is 1.05 bits per heavy atom. The molecule has 0 bridgehead atoms. The number of hydrogen-bond donors (Lipinski definition) is 2. The van der Waals surface area contributed by atoms with Crippen molar-refractivity contribution in [2.75, 3.05) is 19.5 Å². The number of fused-ring (bicyclic) bond motifs is 1. The Balaban J connectivity index is 1.98. The quantitative estimate of drug-likeness (QED) is 0.762. The van der Waals surface area contributed by atoms with Gasteiger partial charge in [-0.15, -0.1) is 0 Å². The Bertz CT molecular complexity index is 737. The van der Waals surface area contributed by atoms with Crippen molar-refractivity contribution < 1.29 is 9.47 Å². The zero-order valence-electron chi connectivity index (χ0n) is 11.3. The molecule has 5 heteroatoms. The zero-order valence-corrected chi connectivity index (χ0v) is 11.3. The van der Waals surface area contributed by atoms with Gasteiger partial charge in [-0.1, -0.05) is 12.1 Å². The third kappa shape index (κ3) is 2.14. The Morgan fingerprint density at radius 2 is 1.90 bits per heavy atom. The van der Waals surface area contributed by atoms with E-state index in [-0.39, 0.29) is 0 Å². The lowest BCUT2D eigenvalue weighted by Gasteiger charge is -2.11. The lowest BCUT2D eigenvalue weighted by molar-refractivity contribution is 0.395. The maximum atomic E-state index is 5.37. The summed E-state index contributed by atoms with van der Waals surface area (Å²) in [5.41, 5.74) is 1.83. The van der Waals surface area contributed by atoms with Gasteiger partial charge >= 0.3 is 0 Å². The molecule has 2 N–H and O–H groups in total. The van der Waals surface area contributed by atoms with Crippen molar-refractivity contribution in [3.05, 3.63) is 42.5 Å². The normalized spacial score (nSPS) is 10.5. The molecule has 0 atom stereocenters. The molecular weight excluding hydrogens is 254 g/mol. The number of nitrogens with one attached hydrogen (secondary N) is 2. The molecule has 0 unspecified atom stereocenters. The first-order chi connectivity index (χ1) is 9.81. The molecule has 0 saturated heterocycles. The van der Waals surface area contributed by atoms with E-state index in [0.717, 1.165) is 28.2 Å². The van der Waals surface area contributed by atoms with E-state index in [1.807, 2.05) is 42.5 Å². The predicted molar refractivity (Wildman–Crippen MR) is 78.9 cm³/mol. The van der Waals surface area contributed by atoms with E-state index in [1.54, 1.807) is 14.2 Å². The van der Waals surface area contributed by atoms with Gasteiger partial charge in [-0.05, 0) is 24.3 Å². The van der Waals surface area contributed by atoms with Crippen molar-refractivity contribution in [2.24, 2.45) is 0 Å². The molecule has 0 spiro atoms. The molecule has 0 aliphatic carbocycles. The van der Waals surface area contributed by atoms with Crippen LogP contribution in [-0.2, 0) is 0 Å². The molecule has 3 aromatic rings. The molecule has 1 heterocycles. The van der Waals surface area contributed by atoms with Gasteiger partial charge in [0.25, 0.3) is 0 Å². The second kappa shape index (κ2) is 5.13. The summed E-state index contributed by atoms with van der Waals surface area (Å²) in [5, 5.41) is 11.6. The van der Waals surface area contributed by atoms with E-state index in [1.165, 1.54) is 0 Å². The van der Waals surface area contributed by atoms with E-state index in [2.05, 4.69) is 15.5 Å². The number of anilines is 2. The highest BCUT2D eigenvalue weighted by Crippen LogP contribution is 2.32. The summed E-state index contributed by atoms with van der Waals surface area (Å²) in [5.74, 6) is 2.22. The molecule has 0 aliphatic rings. The third-order valence-electron chi connectivity index (χ3n) is 3.13. The van der Waals surface area contributed by atoms with Gasteiger partial charge in [0.1, 0.15) is 11.5 Å². The third-order valence-corrected chi connectivity index (χ3v) is 3.13. The number of H-pyrrole nitrogens is 1. The maximum absolute atomic E-state index is 5.37. The fourth-order valence-corrected chi connectivity index (χ4v) is 2.09. The molecule has 0 radical (unpaired) electrons. The molecular formula is C15H15N3O2. The highest BCUT2D eigenvalue weighted by molar-refractivity contribution is 5.91. The Kier molecular flexibility index (Phi) is 3.16. The smallest absolute Gasteiger partial charge is 0.160 e. The van der Waals surface area contributed by atoms with Crippen LogP contribution in [0.15, 0.2) is 42.5 Å².